The van der Waals surface area contributed by atoms with Gasteiger partial charge in [-0.1, -0.05) is 27.7 Å². The molecule has 0 radical (unpaired) electrons. The number of carbonyl (C=O) groups excluding carboxylic acids is 1. The highest BCUT2D eigenvalue weighted by Crippen LogP contribution is 2.29. The predicted octanol–water partition coefficient (Wildman–Crippen LogP) is 2.54. The number of hydrogen-bond acceptors (Lipinski definition) is 4. The third-order valence-corrected chi connectivity index (χ3v) is 4.52. The number of aliphatic carboxylic acids is 1. The number of carboxylic acid groups (broad SMARTS) is 1. The van der Waals surface area contributed by atoms with Crippen molar-refractivity contribution < 1.29 is 14.7 Å². The Morgan fingerprint density at radius 3 is 2.35 bits per heavy atom. The molecule has 0 aliphatic heterocycles. The van der Waals surface area contributed by atoms with Gasteiger partial charge in [0.2, 0.25) is 0 Å². The highest BCUT2D eigenvalue weighted by molar-refractivity contribution is 7.14. The average molecular weight is 298 g/mol. The second-order valence-electron chi connectivity index (χ2n) is 6.11. The molecule has 20 heavy (non-hydrogen) atoms. The molecule has 1 amide bonds. The smallest absolute Gasteiger partial charge is 0.308 e. The van der Waals surface area contributed by atoms with Gasteiger partial charge >= 0.3 is 5.97 Å². The lowest BCUT2D eigenvalue weighted by atomic mass is 9.98. The molecule has 0 fully saturated rings. The Morgan fingerprint density at radius 2 is 1.95 bits per heavy atom. The Labute approximate surface area is 123 Å². The number of aryl methyl sites for hydroxylation is 1. The number of rotatable bonds is 4. The molecule has 0 spiro atoms. The molecule has 112 valence electrons. The molecule has 1 N–H and O–H groups in total. The van der Waals surface area contributed by atoms with Crippen LogP contribution in [0.4, 0.5) is 0 Å². The lowest BCUT2D eigenvalue weighted by Gasteiger charge is -2.19. The molecule has 1 aromatic heterocycles. The molecule has 5 nitrogen and oxygen atoms in total. The molecule has 0 saturated heterocycles. The van der Waals surface area contributed by atoms with Gasteiger partial charge in [-0.3, -0.25) is 9.59 Å². The summed E-state index contributed by atoms with van der Waals surface area (Å²) in [5.41, 5.74) is 0.612. The quantitative estimate of drug-likeness (QED) is 0.927. The SMILES string of the molecule is Cc1nc(C(C)(C)C)sc1C(=O)N(C)CC(C)C(=O)O. The number of nitrogens with zero attached hydrogens (tertiary/aromatic N) is 2. The van der Waals surface area contributed by atoms with E-state index in [-0.39, 0.29) is 17.9 Å². The molecule has 0 saturated carbocycles. The largest absolute Gasteiger partial charge is 0.481 e. The fourth-order valence-electron chi connectivity index (χ4n) is 1.66. The van der Waals surface area contributed by atoms with E-state index in [2.05, 4.69) is 25.8 Å². The lowest BCUT2D eigenvalue weighted by molar-refractivity contribution is -0.141. The summed E-state index contributed by atoms with van der Waals surface area (Å²) in [6, 6.07) is 0. The monoisotopic (exact) mass is 298 g/mol. The minimum atomic E-state index is -0.902. The van der Waals surface area contributed by atoms with Crippen molar-refractivity contribution in [2.24, 2.45) is 5.92 Å². The van der Waals surface area contributed by atoms with Crippen molar-refractivity contribution in [3.8, 4) is 0 Å². The van der Waals surface area contributed by atoms with E-state index in [0.717, 1.165) is 5.01 Å². The van der Waals surface area contributed by atoms with Gasteiger partial charge in [-0.2, -0.15) is 0 Å². The van der Waals surface area contributed by atoms with Gasteiger partial charge in [-0.05, 0) is 6.92 Å². The molecule has 1 atom stereocenters. The molecule has 0 aliphatic carbocycles. The molecule has 0 aromatic carbocycles. The Balaban J connectivity index is 2.92. The summed E-state index contributed by atoms with van der Waals surface area (Å²) in [5, 5.41) is 9.82. The van der Waals surface area contributed by atoms with Gasteiger partial charge in [-0.25, -0.2) is 4.98 Å². The molecule has 0 aliphatic rings. The molecule has 0 bridgehead atoms. The first kappa shape index (κ1) is 16.6. The van der Waals surface area contributed by atoms with E-state index in [1.54, 1.807) is 14.0 Å². The zero-order valence-electron chi connectivity index (χ0n) is 12.9. The Morgan fingerprint density at radius 1 is 1.40 bits per heavy atom. The van der Waals surface area contributed by atoms with Crippen LogP contribution in [0.25, 0.3) is 0 Å². The van der Waals surface area contributed by atoms with E-state index in [1.165, 1.54) is 16.2 Å². The van der Waals surface area contributed by atoms with Crippen LogP contribution in [-0.4, -0.2) is 40.5 Å². The molecule has 1 unspecified atom stereocenters. The standard InChI is InChI=1S/C14H22N2O3S/c1-8(12(18)19)7-16(6)11(17)10-9(2)15-13(20-10)14(3,4)5/h8H,7H2,1-6H3,(H,18,19). The van der Waals surface area contributed by atoms with Crippen LogP contribution in [0, 0.1) is 12.8 Å². The van der Waals surface area contributed by atoms with Gasteiger partial charge in [0.05, 0.1) is 16.6 Å². The van der Waals surface area contributed by atoms with E-state index in [9.17, 15) is 9.59 Å². The first-order valence-electron chi connectivity index (χ1n) is 6.50. The minimum Gasteiger partial charge on any atom is -0.481 e. The van der Waals surface area contributed by atoms with Crippen molar-refractivity contribution in [1.29, 1.82) is 0 Å². The van der Waals surface area contributed by atoms with Gasteiger partial charge < -0.3 is 10.0 Å². The van der Waals surface area contributed by atoms with Gasteiger partial charge in [0.1, 0.15) is 4.88 Å². The maximum Gasteiger partial charge on any atom is 0.308 e. The number of thiazole rings is 1. The van der Waals surface area contributed by atoms with Crippen molar-refractivity contribution in [2.75, 3.05) is 13.6 Å². The van der Waals surface area contributed by atoms with E-state index in [0.29, 0.717) is 10.6 Å². The maximum absolute atomic E-state index is 12.4. The van der Waals surface area contributed by atoms with Crippen LogP contribution in [0.15, 0.2) is 0 Å². The first-order chi connectivity index (χ1) is 9.04. The predicted molar refractivity (Wildman–Crippen MR) is 79.3 cm³/mol. The summed E-state index contributed by atoms with van der Waals surface area (Å²) in [7, 11) is 1.62. The van der Waals surface area contributed by atoms with Crippen LogP contribution in [-0.2, 0) is 10.2 Å². The maximum atomic E-state index is 12.4. The van der Waals surface area contributed by atoms with E-state index >= 15 is 0 Å². The molecule has 1 aromatic rings. The number of amides is 1. The topological polar surface area (TPSA) is 70.5 Å². The van der Waals surface area contributed by atoms with Crippen molar-refractivity contribution in [3.05, 3.63) is 15.6 Å². The van der Waals surface area contributed by atoms with Gasteiger partial charge in [-0.15, -0.1) is 11.3 Å². The molecule has 6 heteroatoms. The summed E-state index contributed by atoms with van der Waals surface area (Å²) in [5.74, 6) is -1.65. The minimum absolute atomic E-state index is 0.0963. The second-order valence-corrected chi connectivity index (χ2v) is 7.11. The number of carboxylic acids is 1. The van der Waals surface area contributed by atoms with Crippen molar-refractivity contribution in [1.82, 2.24) is 9.88 Å². The molecular weight excluding hydrogens is 276 g/mol. The van der Waals surface area contributed by atoms with Crippen LogP contribution >= 0.6 is 11.3 Å². The molecule has 1 rings (SSSR count). The summed E-state index contributed by atoms with van der Waals surface area (Å²) in [4.78, 5) is 29.7. The summed E-state index contributed by atoms with van der Waals surface area (Å²) in [6.45, 7) is 9.75. The summed E-state index contributed by atoms with van der Waals surface area (Å²) in [6.07, 6.45) is 0. The third-order valence-electron chi connectivity index (χ3n) is 2.95. The molecular formula is C14H22N2O3S. The Bertz CT molecular complexity index is 517. The van der Waals surface area contributed by atoms with E-state index in [4.69, 9.17) is 5.11 Å². The van der Waals surface area contributed by atoms with Crippen LogP contribution in [0.5, 0.6) is 0 Å². The van der Waals surface area contributed by atoms with E-state index < -0.39 is 11.9 Å². The number of hydrogen-bond donors (Lipinski definition) is 1. The highest BCUT2D eigenvalue weighted by atomic mass is 32.1. The second kappa shape index (κ2) is 5.91. The van der Waals surface area contributed by atoms with Crippen LogP contribution < -0.4 is 0 Å². The lowest BCUT2D eigenvalue weighted by Crippen LogP contribution is -2.33. The van der Waals surface area contributed by atoms with Crippen molar-refractivity contribution in [2.45, 2.75) is 40.0 Å². The normalized spacial score (nSPS) is 13.1. The number of aromatic nitrogens is 1. The molecule has 1 heterocycles. The fourth-order valence-corrected chi connectivity index (χ4v) is 2.78. The van der Waals surface area contributed by atoms with Crippen molar-refractivity contribution >= 4 is 23.2 Å². The average Bonchev–Trinajstić information content (AvgIpc) is 2.69. The van der Waals surface area contributed by atoms with Gasteiger partial charge in [0, 0.05) is 19.0 Å². The summed E-state index contributed by atoms with van der Waals surface area (Å²) >= 11 is 1.39. The Hall–Kier alpha value is -1.43. The first-order valence-corrected chi connectivity index (χ1v) is 7.32. The van der Waals surface area contributed by atoms with Crippen LogP contribution in [0.1, 0.15) is 48.1 Å². The van der Waals surface area contributed by atoms with E-state index in [1.807, 2.05) is 6.92 Å². The number of carbonyl (C=O) groups is 2. The van der Waals surface area contributed by atoms with Gasteiger partial charge in [0.15, 0.2) is 0 Å². The van der Waals surface area contributed by atoms with Gasteiger partial charge in [0.25, 0.3) is 5.91 Å². The Kier molecular flexibility index (Phi) is 4.91. The summed E-state index contributed by atoms with van der Waals surface area (Å²) < 4.78 is 0. The van der Waals surface area contributed by atoms with Crippen molar-refractivity contribution in [3.63, 3.8) is 0 Å². The zero-order valence-corrected chi connectivity index (χ0v) is 13.7. The fraction of sp³-hybridized carbons (Fsp3) is 0.643. The van der Waals surface area contributed by atoms with Crippen LogP contribution in [0.2, 0.25) is 0 Å². The third kappa shape index (κ3) is 3.79. The zero-order chi connectivity index (χ0) is 15.7. The van der Waals surface area contributed by atoms with Crippen LogP contribution in [0.3, 0.4) is 0 Å². The highest BCUT2D eigenvalue weighted by Gasteiger charge is 2.26.